The molecule has 0 bridgehead atoms. The second-order valence-electron chi connectivity index (χ2n) is 17.0. The van der Waals surface area contributed by atoms with Crippen LogP contribution in [0.4, 0.5) is 0 Å². The number of fused-ring (bicyclic) bond motifs is 12. The molecular weight excluding hydrogens is 773 g/mol. The van der Waals surface area contributed by atoms with E-state index in [-0.39, 0.29) is 6.04 Å². The van der Waals surface area contributed by atoms with E-state index in [1.807, 2.05) is 6.07 Å². The highest BCUT2D eigenvalue weighted by atomic mass is 15.0. The molecule has 0 heterocycles. The lowest BCUT2D eigenvalue weighted by atomic mass is 9.87. The van der Waals surface area contributed by atoms with E-state index in [2.05, 4.69) is 236 Å². The highest BCUT2D eigenvalue weighted by Crippen LogP contribution is 2.43. The van der Waals surface area contributed by atoms with E-state index >= 15 is 0 Å². The van der Waals surface area contributed by atoms with Crippen molar-refractivity contribution in [2.24, 2.45) is 5.73 Å². The van der Waals surface area contributed by atoms with E-state index in [0.717, 1.165) is 11.1 Å². The van der Waals surface area contributed by atoms with Gasteiger partial charge in [0.15, 0.2) is 0 Å². The number of nitrogens with one attached hydrogen (secondary N) is 1. The Morgan fingerprint density at radius 2 is 0.922 bits per heavy atom. The molecule has 0 radical (unpaired) electrons. The molecule has 0 aromatic heterocycles. The van der Waals surface area contributed by atoms with E-state index in [1.54, 1.807) is 0 Å². The third-order valence-corrected chi connectivity index (χ3v) is 13.3. The maximum absolute atomic E-state index is 7.04. The lowest BCUT2D eigenvalue weighted by Gasteiger charge is -2.24. The predicted molar refractivity (Wildman–Crippen MR) is 275 cm³/mol. The molecule has 2 heteroatoms. The lowest BCUT2D eigenvalue weighted by Crippen LogP contribution is -2.31. The first-order valence-electron chi connectivity index (χ1n) is 22.2. The average molecular weight is 817 g/mol. The van der Waals surface area contributed by atoms with Crippen LogP contribution in [0.3, 0.4) is 0 Å². The first-order chi connectivity index (χ1) is 31.7. The van der Waals surface area contributed by atoms with Crippen LogP contribution in [-0.2, 0) is 0 Å². The Bertz CT molecular complexity index is 3790. The summed E-state index contributed by atoms with van der Waals surface area (Å²) in [6.45, 7) is 0. The second-order valence-corrected chi connectivity index (χ2v) is 17.0. The highest BCUT2D eigenvalue weighted by molar-refractivity contribution is 6.32. The van der Waals surface area contributed by atoms with Gasteiger partial charge < -0.3 is 5.73 Å². The fourth-order valence-corrected chi connectivity index (χ4v) is 10.3. The van der Waals surface area contributed by atoms with Crippen LogP contribution in [0.15, 0.2) is 231 Å². The molecule has 0 saturated heterocycles. The molecule has 2 unspecified atom stereocenters. The van der Waals surface area contributed by atoms with Crippen molar-refractivity contribution in [2.45, 2.75) is 12.2 Å². The summed E-state index contributed by atoms with van der Waals surface area (Å²) in [5.74, 6) is 0. The van der Waals surface area contributed by atoms with Crippen molar-refractivity contribution in [3.8, 4) is 22.3 Å². The van der Waals surface area contributed by atoms with E-state index in [1.165, 1.54) is 103 Å². The number of nitrogens with two attached hydrogens (primary N) is 1. The Kier molecular flexibility index (Phi) is 9.34. The minimum Gasteiger partial charge on any atom is -0.312 e. The van der Waals surface area contributed by atoms with Gasteiger partial charge in [0.05, 0.1) is 12.2 Å². The molecule has 0 amide bonds. The van der Waals surface area contributed by atoms with Crippen molar-refractivity contribution in [1.82, 2.24) is 5.32 Å². The molecule has 0 fully saturated rings. The maximum Gasteiger partial charge on any atom is 0.0817 e. The summed E-state index contributed by atoms with van der Waals surface area (Å²) in [5.41, 5.74) is 15.2. The Balaban J connectivity index is 0.985. The van der Waals surface area contributed by atoms with Gasteiger partial charge in [-0.15, -0.1) is 0 Å². The summed E-state index contributed by atoms with van der Waals surface area (Å²) in [5, 5.41) is 21.5. The van der Waals surface area contributed by atoms with E-state index in [0.29, 0.717) is 0 Å². The van der Waals surface area contributed by atoms with Crippen molar-refractivity contribution in [3.63, 3.8) is 0 Å². The van der Waals surface area contributed by atoms with Crippen molar-refractivity contribution < 1.29 is 0 Å². The van der Waals surface area contributed by atoms with Gasteiger partial charge in [-0.2, -0.15) is 0 Å². The molecule has 0 saturated carbocycles. The monoisotopic (exact) mass is 816 g/mol. The summed E-state index contributed by atoms with van der Waals surface area (Å²) in [7, 11) is 0. The lowest BCUT2D eigenvalue weighted by molar-refractivity contribution is 0.511. The summed E-state index contributed by atoms with van der Waals surface area (Å²) >= 11 is 0. The Morgan fingerprint density at radius 3 is 1.69 bits per heavy atom. The molecule has 2 atom stereocenters. The largest absolute Gasteiger partial charge is 0.312 e. The van der Waals surface area contributed by atoms with Crippen LogP contribution in [0.2, 0.25) is 0 Å². The SMILES string of the molecule is NC(NC(/C=C/c1cccc(-c2cccc(-c3c4ccccc4cc4c3ccc3ccccc34)c2)c1)c1cc2c3ccccc3c3ccccc3c2c2ccccc12)c1ccccc1. The maximum atomic E-state index is 7.04. The third kappa shape index (κ3) is 6.51. The molecule has 12 rings (SSSR count). The Labute approximate surface area is 372 Å². The van der Waals surface area contributed by atoms with Gasteiger partial charge in [-0.3, -0.25) is 5.32 Å². The molecule has 0 aliphatic heterocycles. The average Bonchev–Trinajstić information content (AvgIpc) is 3.37. The summed E-state index contributed by atoms with van der Waals surface area (Å²) in [6.07, 6.45) is 4.15. The molecule has 12 aromatic rings. The van der Waals surface area contributed by atoms with Crippen molar-refractivity contribution in [1.29, 1.82) is 0 Å². The standard InChI is InChI=1S/C62H44N2/c63-62(42-18-2-1-3-19-42)64-59(57-39-58-51-28-9-8-26-49(51)50-27-10-12-30-53(50)61(58)54-31-13-11-29-52(54)57)35-32-40-16-14-21-43(36-40)44-22-15-23-46(37-44)60-48-25-7-5-20-45(48)38-56-47-24-6-4-17-41(47)33-34-55(56)60/h1-39,59,62,64H,63H2/b35-32+. The van der Waals surface area contributed by atoms with Crippen molar-refractivity contribution >= 4 is 81.5 Å². The van der Waals surface area contributed by atoms with Gasteiger partial charge >= 0.3 is 0 Å². The minimum absolute atomic E-state index is 0.211. The summed E-state index contributed by atoms with van der Waals surface area (Å²) in [6, 6.07) is 81.4. The molecule has 64 heavy (non-hydrogen) atoms. The zero-order valence-electron chi connectivity index (χ0n) is 35.2. The van der Waals surface area contributed by atoms with Crippen LogP contribution >= 0.6 is 0 Å². The molecule has 2 nitrogen and oxygen atoms in total. The summed E-state index contributed by atoms with van der Waals surface area (Å²) in [4.78, 5) is 0. The van der Waals surface area contributed by atoms with Gasteiger partial charge in [0.1, 0.15) is 0 Å². The number of hydrogen-bond acceptors (Lipinski definition) is 2. The van der Waals surface area contributed by atoms with Crippen molar-refractivity contribution in [2.75, 3.05) is 0 Å². The van der Waals surface area contributed by atoms with E-state index in [9.17, 15) is 0 Å². The Morgan fingerprint density at radius 1 is 0.359 bits per heavy atom. The van der Waals surface area contributed by atoms with Crippen LogP contribution < -0.4 is 11.1 Å². The van der Waals surface area contributed by atoms with E-state index in [4.69, 9.17) is 5.73 Å². The van der Waals surface area contributed by atoms with Gasteiger partial charge in [0.2, 0.25) is 0 Å². The topological polar surface area (TPSA) is 38.0 Å². The van der Waals surface area contributed by atoms with E-state index < -0.39 is 6.17 Å². The number of benzene rings is 12. The van der Waals surface area contributed by atoms with Crippen LogP contribution in [-0.4, -0.2) is 0 Å². The molecule has 0 spiro atoms. The number of hydrogen-bond donors (Lipinski definition) is 2. The normalized spacial score (nSPS) is 13.0. The predicted octanol–water partition coefficient (Wildman–Crippen LogP) is 16.1. The van der Waals surface area contributed by atoms with Gasteiger partial charge in [-0.25, -0.2) is 0 Å². The first-order valence-corrected chi connectivity index (χ1v) is 22.2. The van der Waals surface area contributed by atoms with Crippen LogP contribution in [0.5, 0.6) is 0 Å². The molecule has 12 aromatic carbocycles. The minimum atomic E-state index is -0.393. The van der Waals surface area contributed by atoms with Gasteiger partial charge in [0.25, 0.3) is 0 Å². The fourth-order valence-electron chi connectivity index (χ4n) is 10.3. The quantitative estimate of drug-likeness (QED) is 0.0911. The number of rotatable bonds is 8. The fraction of sp³-hybridized carbons (Fsp3) is 0.0323. The molecule has 3 N–H and O–H groups in total. The second kappa shape index (κ2) is 15.8. The zero-order valence-corrected chi connectivity index (χ0v) is 35.2. The third-order valence-electron chi connectivity index (χ3n) is 13.3. The van der Waals surface area contributed by atoms with Gasteiger partial charge in [-0.05, 0) is 139 Å². The first kappa shape index (κ1) is 37.8. The smallest absolute Gasteiger partial charge is 0.0817 e. The molecule has 0 aliphatic rings. The highest BCUT2D eigenvalue weighted by Gasteiger charge is 2.20. The van der Waals surface area contributed by atoms with Gasteiger partial charge in [0, 0.05) is 0 Å². The summed E-state index contributed by atoms with van der Waals surface area (Å²) < 4.78 is 0. The Hall–Kier alpha value is -7.88. The molecule has 302 valence electrons. The van der Waals surface area contributed by atoms with Gasteiger partial charge in [-0.1, -0.05) is 212 Å². The molecule has 0 aliphatic carbocycles. The molecular formula is C62H44N2. The van der Waals surface area contributed by atoms with Crippen LogP contribution in [0, 0.1) is 0 Å². The zero-order chi connectivity index (χ0) is 42.6. The van der Waals surface area contributed by atoms with Crippen LogP contribution in [0.1, 0.15) is 28.9 Å². The van der Waals surface area contributed by atoms with Crippen LogP contribution in [0.25, 0.3) is 104 Å². The van der Waals surface area contributed by atoms with Crippen molar-refractivity contribution in [3.05, 3.63) is 247 Å².